The molecule has 0 aliphatic heterocycles. The summed E-state index contributed by atoms with van der Waals surface area (Å²) in [5.41, 5.74) is 2.61. The molecular weight excluding hydrogens is 334 g/mol. The van der Waals surface area contributed by atoms with E-state index in [4.69, 9.17) is 9.52 Å². The minimum absolute atomic E-state index is 0.0310. The summed E-state index contributed by atoms with van der Waals surface area (Å²) >= 11 is 0. The Hall–Kier alpha value is -2.89. The molecule has 1 amide bonds. The molecule has 0 radical (unpaired) electrons. The van der Waals surface area contributed by atoms with E-state index in [0.29, 0.717) is 41.8 Å². The van der Waals surface area contributed by atoms with Crippen LogP contribution in [0.15, 0.2) is 28.7 Å². The maximum Gasteiger partial charge on any atom is 0.306 e. The molecule has 0 spiro atoms. The number of carboxylic acid groups (broad SMARTS) is 1. The highest BCUT2D eigenvalue weighted by atomic mass is 16.4. The zero-order valence-electron chi connectivity index (χ0n) is 14.8. The van der Waals surface area contributed by atoms with Gasteiger partial charge in [-0.25, -0.2) is 0 Å². The van der Waals surface area contributed by atoms with Crippen molar-refractivity contribution in [3.05, 3.63) is 52.5 Å². The lowest BCUT2D eigenvalue weighted by atomic mass is 9.94. The van der Waals surface area contributed by atoms with Gasteiger partial charge in [0.25, 0.3) is 5.91 Å². The monoisotopic (exact) mass is 355 g/mol. The molecule has 2 aromatic rings. The van der Waals surface area contributed by atoms with Crippen LogP contribution in [0.1, 0.15) is 57.6 Å². The molecule has 1 aliphatic carbocycles. The molecule has 1 aliphatic rings. The molecule has 1 unspecified atom stereocenters. The second kappa shape index (κ2) is 7.15. The number of hydrogen-bond acceptors (Lipinski definition) is 4. The summed E-state index contributed by atoms with van der Waals surface area (Å²) in [5.74, 6) is -0.894. The number of fused-ring (bicyclic) bond motifs is 1. The van der Waals surface area contributed by atoms with Crippen molar-refractivity contribution in [2.75, 3.05) is 5.32 Å². The number of benzene rings is 1. The van der Waals surface area contributed by atoms with E-state index < -0.39 is 17.8 Å². The van der Waals surface area contributed by atoms with Gasteiger partial charge in [-0.3, -0.25) is 14.4 Å². The van der Waals surface area contributed by atoms with Crippen LogP contribution in [-0.2, 0) is 17.6 Å². The third-order valence-electron chi connectivity index (χ3n) is 4.69. The highest BCUT2D eigenvalue weighted by Gasteiger charge is 2.28. The molecule has 0 fully saturated rings. The summed E-state index contributed by atoms with van der Waals surface area (Å²) in [6, 6.07) is 7.04. The number of nitrogens with one attached hydrogen (secondary N) is 1. The van der Waals surface area contributed by atoms with Crippen LogP contribution in [0, 0.1) is 12.8 Å². The van der Waals surface area contributed by atoms with Gasteiger partial charge in [0, 0.05) is 24.1 Å². The molecule has 1 atom stereocenters. The molecule has 1 aromatic heterocycles. The third-order valence-corrected chi connectivity index (χ3v) is 4.69. The van der Waals surface area contributed by atoms with Crippen molar-refractivity contribution in [3.8, 4) is 0 Å². The molecule has 0 bridgehead atoms. The van der Waals surface area contributed by atoms with Crippen LogP contribution in [0.5, 0.6) is 0 Å². The molecule has 26 heavy (non-hydrogen) atoms. The van der Waals surface area contributed by atoms with E-state index in [2.05, 4.69) is 5.32 Å². The van der Waals surface area contributed by atoms with Crippen LogP contribution in [0.25, 0.3) is 0 Å². The SMILES string of the molecule is Cc1c(C(=O)Nc2ccc(CC(C)C(=O)O)cc2)oc2c1C(=O)CCC2. The largest absolute Gasteiger partial charge is 0.481 e. The maximum atomic E-state index is 12.5. The summed E-state index contributed by atoms with van der Waals surface area (Å²) in [4.78, 5) is 35.5. The first-order valence-electron chi connectivity index (χ1n) is 8.65. The Morgan fingerprint density at radius 1 is 1.23 bits per heavy atom. The Bertz CT molecular complexity index is 863. The zero-order chi connectivity index (χ0) is 18.8. The summed E-state index contributed by atoms with van der Waals surface area (Å²) in [6.45, 7) is 3.39. The first-order chi connectivity index (χ1) is 12.4. The predicted octanol–water partition coefficient (Wildman–Crippen LogP) is 3.62. The van der Waals surface area contributed by atoms with Crippen molar-refractivity contribution in [1.82, 2.24) is 0 Å². The van der Waals surface area contributed by atoms with E-state index in [1.165, 1.54) is 0 Å². The average molecular weight is 355 g/mol. The average Bonchev–Trinajstić information content (AvgIpc) is 2.94. The second-order valence-corrected chi connectivity index (χ2v) is 6.73. The number of carbonyl (C=O) groups excluding carboxylic acids is 2. The van der Waals surface area contributed by atoms with E-state index in [9.17, 15) is 14.4 Å². The first kappa shape index (κ1) is 17.9. The summed E-state index contributed by atoms with van der Waals surface area (Å²) in [7, 11) is 0. The van der Waals surface area contributed by atoms with Gasteiger partial charge in [-0.2, -0.15) is 0 Å². The number of amides is 1. The van der Waals surface area contributed by atoms with Gasteiger partial charge >= 0.3 is 5.97 Å². The maximum absolute atomic E-state index is 12.5. The number of carbonyl (C=O) groups is 3. The fourth-order valence-electron chi connectivity index (χ4n) is 3.22. The Morgan fingerprint density at radius 2 is 1.92 bits per heavy atom. The minimum atomic E-state index is -0.839. The molecule has 3 rings (SSSR count). The summed E-state index contributed by atoms with van der Waals surface area (Å²) in [5, 5.41) is 11.7. The number of rotatable bonds is 5. The molecule has 1 heterocycles. The molecule has 0 saturated heterocycles. The number of furan rings is 1. The molecule has 1 aromatic carbocycles. The quantitative estimate of drug-likeness (QED) is 0.854. The van der Waals surface area contributed by atoms with Crippen LogP contribution in [0.4, 0.5) is 5.69 Å². The van der Waals surface area contributed by atoms with Crippen molar-refractivity contribution in [1.29, 1.82) is 0 Å². The number of aliphatic carboxylic acids is 1. The summed E-state index contributed by atoms with van der Waals surface area (Å²) < 4.78 is 5.65. The number of Topliss-reactive ketones (excluding diaryl/α,β-unsaturated/α-hetero) is 1. The number of carboxylic acids is 1. The van der Waals surface area contributed by atoms with Crippen molar-refractivity contribution < 1.29 is 23.9 Å². The molecule has 2 N–H and O–H groups in total. The Kier molecular flexibility index (Phi) is 4.93. The molecule has 0 saturated carbocycles. The van der Waals surface area contributed by atoms with Gasteiger partial charge < -0.3 is 14.8 Å². The molecule has 6 heteroatoms. The van der Waals surface area contributed by atoms with Gasteiger partial charge in [0.2, 0.25) is 0 Å². The Morgan fingerprint density at radius 3 is 2.54 bits per heavy atom. The Labute approximate surface area is 151 Å². The Balaban J connectivity index is 1.73. The van der Waals surface area contributed by atoms with Crippen molar-refractivity contribution in [3.63, 3.8) is 0 Å². The molecule has 6 nitrogen and oxygen atoms in total. The number of ketones is 1. The van der Waals surface area contributed by atoms with Gasteiger partial charge in [0.05, 0.1) is 11.5 Å². The fraction of sp³-hybridized carbons (Fsp3) is 0.350. The van der Waals surface area contributed by atoms with Gasteiger partial charge in [-0.05, 0) is 37.5 Å². The van der Waals surface area contributed by atoms with E-state index in [1.54, 1.807) is 38.1 Å². The van der Waals surface area contributed by atoms with Crippen LogP contribution >= 0.6 is 0 Å². The van der Waals surface area contributed by atoms with Gasteiger partial charge in [-0.1, -0.05) is 19.1 Å². The molecule has 136 valence electrons. The van der Waals surface area contributed by atoms with Crippen LogP contribution < -0.4 is 5.32 Å². The lowest BCUT2D eigenvalue weighted by Gasteiger charge is -2.08. The fourth-order valence-corrected chi connectivity index (χ4v) is 3.22. The summed E-state index contributed by atoms with van der Waals surface area (Å²) in [6.07, 6.45) is 2.34. The standard InChI is InChI=1S/C20H21NO5/c1-11(20(24)25)10-13-6-8-14(9-7-13)21-19(23)18-12(2)17-15(22)4-3-5-16(17)26-18/h6-9,11H,3-5,10H2,1-2H3,(H,21,23)(H,24,25). The smallest absolute Gasteiger partial charge is 0.306 e. The van der Waals surface area contributed by atoms with Gasteiger partial charge in [0.15, 0.2) is 11.5 Å². The van der Waals surface area contributed by atoms with Crippen LogP contribution in [0.2, 0.25) is 0 Å². The highest BCUT2D eigenvalue weighted by Crippen LogP contribution is 2.29. The lowest BCUT2D eigenvalue weighted by Crippen LogP contribution is -2.14. The number of aryl methyl sites for hydroxylation is 1. The van der Waals surface area contributed by atoms with Crippen molar-refractivity contribution in [2.45, 2.75) is 39.5 Å². The predicted molar refractivity (Wildman–Crippen MR) is 95.6 cm³/mol. The van der Waals surface area contributed by atoms with E-state index in [1.807, 2.05) is 0 Å². The van der Waals surface area contributed by atoms with Crippen LogP contribution in [-0.4, -0.2) is 22.8 Å². The minimum Gasteiger partial charge on any atom is -0.481 e. The first-order valence-corrected chi connectivity index (χ1v) is 8.65. The van der Waals surface area contributed by atoms with E-state index >= 15 is 0 Å². The topological polar surface area (TPSA) is 96.6 Å². The van der Waals surface area contributed by atoms with Gasteiger partial charge in [-0.15, -0.1) is 0 Å². The third kappa shape index (κ3) is 3.54. The number of anilines is 1. The normalized spacial score (nSPS) is 14.6. The van der Waals surface area contributed by atoms with E-state index in [0.717, 1.165) is 12.0 Å². The van der Waals surface area contributed by atoms with Gasteiger partial charge in [0.1, 0.15) is 5.76 Å². The van der Waals surface area contributed by atoms with Crippen molar-refractivity contribution in [2.24, 2.45) is 5.92 Å². The second-order valence-electron chi connectivity index (χ2n) is 6.73. The molecular formula is C20H21NO5. The number of hydrogen-bond donors (Lipinski definition) is 2. The van der Waals surface area contributed by atoms with Crippen molar-refractivity contribution >= 4 is 23.3 Å². The van der Waals surface area contributed by atoms with Crippen LogP contribution in [0.3, 0.4) is 0 Å². The van der Waals surface area contributed by atoms with E-state index in [-0.39, 0.29) is 11.5 Å². The lowest BCUT2D eigenvalue weighted by molar-refractivity contribution is -0.141. The zero-order valence-corrected chi connectivity index (χ0v) is 14.8. The highest BCUT2D eigenvalue weighted by molar-refractivity contribution is 6.07.